The van der Waals surface area contributed by atoms with E-state index in [1.54, 1.807) is 25.3 Å². The summed E-state index contributed by atoms with van der Waals surface area (Å²) in [6, 6.07) is 12.1. The number of fused-ring (bicyclic) bond motifs is 1. The average molecular weight is 368 g/mol. The Balaban J connectivity index is 1.53. The van der Waals surface area contributed by atoms with Gasteiger partial charge < -0.3 is 24.8 Å². The summed E-state index contributed by atoms with van der Waals surface area (Å²) in [6.45, 7) is 0.161. The van der Waals surface area contributed by atoms with Gasteiger partial charge in [0.1, 0.15) is 5.75 Å². The van der Waals surface area contributed by atoms with E-state index in [4.69, 9.17) is 14.2 Å². The van der Waals surface area contributed by atoms with Crippen molar-refractivity contribution in [1.82, 2.24) is 10.6 Å². The lowest BCUT2D eigenvalue weighted by atomic mass is 9.91. The fraction of sp³-hybridized carbons (Fsp3) is 0.300. The molecule has 2 atom stereocenters. The van der Waals surface area contributed by atoms with Crippen molar-refractivity contribution < 1.29 is 23.8 Å². The number of amides is 2. The smallest absolute Gasteiger partial charge is 0.251 e. The number of benzene rings is 2. The SMILES string of the molecule is COc1ccc(C2NC(=O)CCC2NC(=O)c2ccc3c(c2)OCO3)cc1. The van der Waals surface area contributed by atoms with Crippen LogP contribution in [0.2, 0.25) is 0 Å². The van der Waals surface area contributed by atoms with Crippen LogP contribution in [0.3, 0.4) is 0 Å². The predicted molar refractivity (Wildman–Crippen MR) is 96.9 cm³/mol. The van der Waals surface area contributed by atoms with Gasteiger partial charge in [0.2, 0.25) is 12.7 Å². The molecule has 7 nitrogen and oxygen atoms in total. The summed E-state index contributed by atoms with van der Waals surface area (Å²) in [6.07, 6.45) is 0.942. The van der Waals surface area contributed by atoms with Crippen LogP contribution in [0, 0.1) is 0 Å². The molecular formula is C20H20N2O5. The van der Waals surface area contributed by atoms with Crippen molar-refractivity contribution >= 4 is 11.8 Å². The van der Waals surface area contributed by atoms with Gasteiger partial charge in [-0.2, -0.15) is 0 Å². The molecule has 2 unspecified atom stereocenters. The summed E-state index contributed by atoms with van der Waals surface area (Å²) in [5.74, 6) is 1.69. The average Bonchev–Trinajstić information content (AvgIpc) is 3.17. The number of nitrogens with one attached hydrogen (secondary N) is 2. The van der Waals surface area contributed by atoms with Gasteiger partial charge >= 0.3 is 0 Å². The lowest BCUT2D eigenvalue weighted by Crippen LogP contribution is -2.50. The number of methoxy groups -OCH3 is 1. The van der Waals surface area contributed by atoms with Gasteiger partial charge in [-0.25, -0.2) is 0 Å². The second-order valence-electron chi connectivity index (χ2n) is 6.51. The Kier molecular flexibility index (Phi) is 4.58. The maximum absolute atomic E-state index is 12.7. The van der Waals surface area contributed by atoms with Gasteiger partial charge in [-0.1, -0.05) is 12.1 Å². The molecule has 1 fully saturated rings. The second kappa shape index (κ2) is 7.19. The number of carbonyl (C=O) groups excluding carboxylic acids is 2. The molecular weight excluding hydrogens is 348 g/mol. The number of carbonyl (C=O) groups is 2. The van der Waals surface area contributed by atoms with Crippen molar-refractivity contribution in [2.75, 3.05) is 13.9 Å². The van der Waals surface area contributed by atoms with E-state index in [0.717, 1.165) is 11.3 Å². The molecule has 0 aliphatic carbocycles. The van der Waals surface area contributed by atoms with Gasteiger partial charge in [-0.3, -0.25) is 9.59 Å². The molecule has 27 heavy (non-hydrogen) atoms. The van der Waals surface area contributed by atoms with Gasteiger partial charge in [-0.05, 0) is 42.3 Å². The van der Waals surface area contributed by atoms with Gasteiger partial charge in [0, 0.05) is 12.0 Å². The van der Waals surface area contributed by atoms with Crippen LogP contribution in [-0.2, 0) is 4.79 Å². The number of piperidine rings is 1. The molecule has 4 rings (SSSR count). The van der Waals surface area contributed by atoms with Crippen LogP contribution >= 0.6 is 0 Å². The molecule has 1 saturated heterocycles. The fourth-order valence-electron chi connectivity index (χ4n) is 3.37. The van der Waals surface area contributed by atoms with Crippen molar-refractivity contribution in [2.45, 2.75) is 24.9 Å². The van der Waals surface area contributed by atoms with Crippen molar-refractivity contribution in [3.8, 4) is 17.2 Å². The summed E-state index contributed by atoms with van der Waals surface area (Å²) >= 11 is 0. The molecule has 2 aromatic rings. The van der Waals surface area contributed by atoms with E-state index in [-0.39, 0.29) is 30.7 Å². The maximum atomic E-state index is 12.7. The predicted octanol–water partition coefficient (Wildman–Crippen LogP) is 2.17. The molecule has 2 aliphatic heterocycles. The molecule has 0 aromatic heterocycles. The summed E-state index contributed by atoms with van der Waals surface area (Å²) in [4.78, 5) is 24.7. The minimum absolute atomic E-state index is 0.0237. The van der Waals surface area contributed by atoms with Crippen LogP contribution in [0.5, 0.6) is 17.2 Å². The number of hydrogen-bond donors (Lipinski definition) is 2. The molecule has 2 amide bonds. The molecule has 2 aliphatic rings. The third kappa shape index (κ3) is 3.53. The van der Waals surface area contributed by atoms with Crippen LogP contribution in [-0.4, -0.2) is 31.8 Å². The van der Waals surface area contributed by atoms with Gasteiger partial charge in [-0.15, -0.1) is 0 Å². The zero-order chi connectivity index (χ0) is 18.8. The molecule has 0 saturated carbocycles. The first-order chi connectivity index (χ1) is 13.1. The molecule has 140 valence electrons. The zero-order valence-corrected chi connectivity index (χ0v) is 14.9. The van der Waals surface area contributed by atoms with Crippen LogP contribution < -0.4 is 24.8 Å². The normalized spacial score (nSPS) is 20.7. The lowest BCUT2D eigenvalue weighted by Gasteiger charge is -2.33. The maximum Gasteiger partial charge on any atom is 0.251 e. The monoisotopic (exact) mass is 368 g/mol. The van der Waals surface area contributed by atoms with Crippen molar-refractivity contribution in [2.24, 2.45) is 0 Å². The fourth-order valence-corrected chi connectivity index (χ4v) is 3.37. The van der Waals surface area contributed by atoms with Crippen LogP contribution in [0.25, 0.3) is 0 Å². The first-order valence-corrected chi connectivity index (χ1v) is 8.78. The third-order valence-corrected chi connectivity index (χ3v) is 4.83. The Morgan fingerprint density at radius 3 is 2.70 bits per heavy atom. The highest BCUT2D eigenvalue weighted by atomic mass is 16.7. The van der Waals surface area contributed by atoms with Gasteiger partial charge in [0.25, 0.3) is 5.91 Å². The molecule has 7 heteroatoms. The van der Waals surface area contributed by atoms with E-state index in [9.17, 15) is 9.59 Å². The van der Waals surface area contributed by atoms with Gasteiger partial charge in [0.05, 0.1) is 19.2 Å². The summed E-state index contributed by atoms with van der Waals surface area (Å²) in [7, 11) is 1.60. The van der Waals surface area contributed by atoms with E-state index in [2.05, 4.69) is 10.6 Å². The number of ether oxygens (including phenoxy) is 3. The third-order valence-electron chi connectivity index (χ3n) is 4.83. The van der Waals surface area contributed by atoms with E-state index < -0.39 is 0 Å². The summed E-state index contributed by atoms with van der Waals surface area (Å²) in [5.41, 5.74) is 1.41. The minimum atomic E-state index is -0.296. The molecule has 2 aromatic carbocycles. The van der Waals surface area contributed by atoms with E-state index in [1.807, 2.05) is 24.3 Å². The van der Waals surface area contributed by atoms with E-state index in [1.165, 1.54) is 0 Å². The summed E-state index contributed by atoms with van der Waals surface area (Å²) < 4.78 is 15.8. The van der Waals surface area contributed by atoms with Crippen molar-refractivity contribution in [3.63, 3.8) is 0 Å². The van der Waals surface area contributed by atoms with Gasteiger partial charge in [0.15, 0.2) is 11.5 Å². The molecule has 0 radical (unpaired) electrons. The van der Waals surface area contributed by atoms with Crippen molar-refractivity contribution in [3.05, 3.63) is 53.6 Å². The van der Waals surface area contributed by atoms with Crippen LogP contribution in [0.1, 0.15) is 34.8 Å². The topological polar surface area (TPSA) is 85.9 Å². The highest BCUT2D eigenvalue weighted by Gasteiger charge is 2.31. The molecule has 0 spiro atoms. The zero-order valence-electron chi connectivity index (χ0n) is 14.9. The van der Waals surface area contributed by atoms with Crippen LogP contribution in [0.15, 0.2) is 42.5 Å². The van der Waals surface area contributed by atoms with Crippen molar-refractivity contribution in [1.29, 1.82) is 0 Å². The Morgan fingerprint density at radius 1 is 1.15 bits per heavy atom. The Morgan fingerprint density at radius 2 is 1.93 bits per heavy atom. The Bertz CT molecular complexity index is 865. The first-order valence-electron chi connectivity index (χ1n) is 8.78. The first kappa shape index (κ1) is 17.2. The Labute approximate surface area is 156 Å². The quantitative estimate of drug-likeness (QED) is 0.864. The Hall–Kier alpha value is -3.22. The molecule has 2 N–H and O–H groups in total. The number of hydrogen-bond acceptors (Lipinski definition) is 5. The van der Waals surface area contributed by atoms with E-state index in [0.29, 0.717) is 29.9 Å². The largest absolute Gasteiger partial charge is 0.497 e. The minimum Gasteiger partial charge on any atom is -0.497 e. The second-order valence-corrected chi connectivity index (χ2v) is 6.51. The molecule has 0 bridgehead atoms. The highest BCUT2D eigenvalue weighted by Crippen LogP contribution is 2.33. The number of rotatable bonds is 4. The lowest BCUT2D eigenvalue weighted by molar-refractivity contribution is -0.123. The van der Waals surface area contributed by atoms with Crippen LogP contribution in [0.4, 0.5) is 0 Å². The molecule has 2 heterocycles. The van der Waals surface area contributed by atoms with E-state index >= 15 is 0 Å². The standard InChI is InChI=1S/C20H20N2O5/c1-25-14-5-2-12(3-6-14)19-15(7-9-18(23)22-19)21-20(24)13-4-8-16-17(10-13)27-11-26-16/h2-6,8,10,15,19H,7,9,11H2,1H3,(H,21,24)(H,22,23). The highest BCUT2D eigenvalue weighted by molar-refractivity contribution is 5.95. The summed E-state index contributed by atoms with van der Waals surface area (Å²) in [5, 5.41) is 6.02.